The van der Waals surface area contributed by atoms with E-state index in [1.165, 1.54) is 7.11 Å². The standard InChI is InChI=1S/C10H13NO4/c1-7(6-11(13)14)8-4-3-5-9(15-2)10(8)12/h3-5,7,12H,6H2,1-2H3/t7-/m0/s1. The van der Waals surface area contributed by atoms with Gasteiger partial charge in [-0.25, -0.2) is 0 Å². The first-order valence-corrected chi connectivity index (χ1v) is 4.54. The number of rotatable bonds is 4. The molecule has 5 nitrogen and oxygen atoms in total. The smallest absolute Gasteiger partial charge is 0.210 e. The average molecular weight is 211 g/mol. The van der Waals surface area contributed by atoms with Crippen LogP contribution in [0.3, 0.4) is 0 Å². The number of phenolic OH excluding ortho intramolecular Hbond substituents is 1. The van der Waals surface area contributed by atoms with E-state index in [2.05, 4.69) is 0 Å². The van der Waals surface area contributed by atoms with E-state index in [9.17, 15) is 15.2 Å². The van der Waals surface area contributed by atoms with Gasteiger partial charge >= 0.3 is 0 Å². The summed E-state index contributed by atoms with van der Waals surface area (Å²) < 4.78 is 4.92. The van der Waals surface area contributed by atoms with E-state index in [-0.39, 0.29) is 18.2 Å². The summed E-state index contributed by atoms with van der Waals surface area (Å²) in [6.45, 7) is 1.48. The monoisotopic (exact) mass is 211 g/mol. The number of hydrogen-bond acceptors (Lipinski definition) is 4. The van der Waals surface area contributed by atoms with Crippen LogP contribution in [0, 0.1) is 10.1 Å². The molecule has 0 aromatic heterocycles. The maximum atomic E-state index is 10.3. The molecule has 0 amide bonds. The summed E-state index contributed by atoms with van der Waals surface area (Å²) in [6.07, 6.45) is 0. The molecule has 0 radical (unpaired) electrons. The van der Waals surface area contributed by atoms with Gasteiger partial charge in [-0.15, -0.1) is 0 Å². The lowest BCUT2D eigenvalue weighted by Gasteiger charge is -2.11. The van der Waals surface area contributed by atoms with Gasteiger partial charge in [0.15, 0.2) is 11.5 Å². The van der Waals surface area contributed by atoms with E-state index < -0.39 is 4.92 Å². The lowest BCUT2D eigenvalue weighted by Crippen LogP contribution is -2.09. The fourth-order valence-electron chi connectivity index (χ4n) is 1.42. The first-order valence-electron chi connectivity index (χ1n) is 4.54. The third-order valence-electron chi connectivity index (χ3n) is 2.20. The minimum atomic E-state index is -0.399. The van der Waals surface area contributed by atoms with Crippen molar-refractivity contribution in [2.75, 3.05) is 13.7 Å². The molecule has 1 N–H and O–H groups in total. The van der Waals surface area contributed by atoms with Crippen molar-refractivity contribution in [3.05, 3.63) is 33.9 Å². The third kappa shape index (κ3) is 2.59. The number of methoxy groups -OCH3 is 1. The molecule has 1 atom stereocenters. The van der Waals surface area contributed by atoms with Crippen LogP contribution >= 0.6 is 0 Å². The van der Waals surface area contributed by atoms with Gasteiger partial charge in [0.2, 0.25) is 6.54 Å². The zero-order chi connectivity index (χ0) is 11.4. The van der Waals surface area contributed by atoms with Crippen molar-refractivity contribution in [2.45, 2.75) is 12.8 Å². The Hall–Kier alpha value is -1.78. The minimum Gasteiger partial charge on any atom is -0.504 e. The van der Waals surface area contributed by atoms with Crippen molar-refractivity contribution < 1.29 is 14.8 Å². The predicted octanol–water partition coefficient (Wildman–Crippen LogP) is 1.78. The average Bonchev–Trinajstić information content (AvgIpc) is 2.17. The van der Waals surface area contributed by atoms with Gasteiger partial charge in [-0.05, 0) is 6.07 Å². The van der Waals surface area contributed by atoms with Crippen molar-refractivity contribution in [3.63, 3.8) is 0 Å². The molecule has 0 fully saturated rings. The van der Waals surface area contributed by atoms with Crippen LogP contribution in [0.15, 0.2) is 18.2 Å². The van der Waals surface area contributed by atoms with Crippen molar-refractivity contribution in [3.8, 4) is 11.5 Å². The first-order chi connectivity index (χ1) is 7.06. The third-order valence-corrected chi connectivity index (χ3v) is 2.20. The molecule has 0 bridgehead atoms. The van der Waals surface area contributed by atoms with Crippen LogP contribution in [-0.2, 0) is 0 Å². The molecule has 1 aromatic carbocycles. The van der Waals surface area contributed by atoms with Crippen LogP contribution in [0.25, 0.3) is 0 Å². The van der Waals surface area contributed by atoms with Crippen molar-refractivity contribution in [2.24, 2.45) is 0 Å². The first kappa shape index (κ1) is 11.3. The molecular formula is C10H13NO4. The van der Waals surface area contributed by atoms with E-state index in [1.54, 1.807) is 25.1 Å². The molecule has 15 heavy (non-hydrogen) atoms. The zero-order valence-corrected chi connectivity index (χ0v) is 8.64. The highest BCUT2D eigenvalue weighted by molar-refractivity contribution is 5.46. The summed E-state index contributed by atoms with van der Waals surface area (Å²) >= 11 is 0. The largest absolute Gasteiger partial charge is 0.504 e. The summed E-state index contributed by atoms with van der Waals surface area (Å²) in [7, 11) is 1.44. The summed E-state index contributed by atoms with van der Waals surface area (Å²) in [6, 6.07) is 4.97. The summed E-state index contributed by atoms with van der Waals surface area (Å²) in [5.41, 5.74) is 0.533. The number of ether oxygens (including phenoxy) is 1. The molecule has 0 saturated carbocycles. The van der Waals surface area contributed by atoms with Gasteiger partial charge in [0.05, 0.1) is 7.11 Å². The van der Waals surface area contributed by atoms with Gasteiger partial charge in [-0.3, -0.25) is 10.1 Å². The SMILES string of the molecule is COc1cccc([C@@H](C)C[N+](=O)[O-])c1O. The van der Waals surface area contributed by atoms with Gasteiger partial charge < -0.3 is 9.84 Å². The molecule has 1 rings (SSSR count). The van der Waals surface area contributed by atoms with Crippen LogP contribution in [0.1, 0.15) is 18.4 Å². The van der Waals surface area contributed by atoms with Crippen molar-refractivity contribution in [1.82, 2.24) is 0 Å². The van der Waals surface area contributed by atoms with E-state index >= 15 is 0 Å². The number of hydrogen-bond donors (Lipinski definition) is 1. The summed E-state index contributed by atoms with van der Waals surface area (Å²) in [4.78, 5) is 9.94. The van der Waals surface area contributed by atoms with Crippen molar-refractivity contribution in [1.29, 1.82) is 0 Å². The van der Waals surface area contributed by atoms with Gasteiger partial charge in [-0.2, -0.15) is 0 Å². The lowest BCUT2D eigenvalue weighted by atomic mass is 10.00. The fraction of sp³-hybridized carbons (Fsp3) is 0.400. The van der Waals surface area contributed by atoms with Crippen LogP contribution in [0.4, 0.5) is 0 Å². The maximum absolute atomic E-state index is 10.3. The Morgan fingerprint density at radius 2 is 2.27 bits per heavy atom. The quantitative estimate of drug-likeness (QED) is 0.608. The van der Waals surface area contributed by atoms with Gasteiger partial charge in [0.25, 0.3) is 0 Å². The molecule has 0 heterocycles. The molecule has 1 aromatic rings. The molecule has 0 aliphatic rings. The molecule has 0 spiro atoms. The van der Waals surface area contributed by atoms with Gasteiger partial charge in [0.1, 0.15) is 0 Å². The minimum absolute atomic E-state index is 0.0191. The topological polar surface area (TPSA) is 72.6 Å². The fourth-order valence-corrected chi connectivity index (χ4v) is 1.42. The Morgan fingerprint density at radius 1 is 1.60 bits per heavy atom. The number of para-hydroxylation sites is 1. The maximum Gasteiger partial charge on any atom is 0.210 e. The lowest BCUT2D eigenvalue weighted by molar-refractivity contribution is -0.482. The molecule has 5 heteroatoms. The Kier molecular flexibility index (Phi) is 3.49. The summed E-state index contributed by atoms with van der Waals surface area (Å²) in [5.74, 6) is -0.0212. The highest BCUT2D eigenvalue weighted by Crippen LogP contribution is 2.34. The van der Waals surface area contributed by atoms with E-state index in [0.29, 0.717) is 11.3 Å². The van der Waals surface area contributed by atoms with E-state index in [1.807, 2.05) is 0 Å². The second kappa shape index (κ2) is 4.63. The number of benzene rings is 1. The van der Waals surface area contributed by atoms with E-state index in [4.69, 9.17) is 4.74 Å². The van der Waals surface area contributed by atoms with Crippen LogP contribution in [0.5, 0.6) is 11.5 Å². The van der Waals surface area contributed by atoms with Gasteiger partial charge in [0, 0.05) is 16.4 Å². The molecule has 0 aliphatic carbocycles. The number of nitrogens with zero attached hydrogens (tertiary/aromatic N) is 1. The van der Waals surface area contributed by atoms with E-state index in [0.717, 1.165) is 0 Å². The second-order valence-corrected chi connectivity index (χ2v) is 3.31. The molecule has 0 unspecified atom stereocenters. The molecule has 0 aliphatic heterocycles. The summed E-state index contributed by atoms with van der Waals surface area (Å²) in [5, 5.41) is 20.1. The zero-order valence-electron chi connectivity index (χ0n) is 8.64. The highest BCUT2D eigenvalue weighted by atomic mass is 16.6. The van der Waals surface area contributed by atoms with Crippen LogP contribution in [-0.4, -0.2) is 23.7 Å². The Bertz CT molecular complexity index is 364. The van der Waals surface area contributed by atoms with Crippen LogP contribution in [0.2, 0.25) is 0 Å². The number of phenols is 1. The van der Waals surface area contributed by atoms with Crippen molar-refractivity contribution >= 4 is 0 Å². The molecular weight excluding hydrogens is 198 g/mol. The highest BCUT2D eigenvalue weighted by Gasteiger charge is 2.17. The van der Waals surface area contributed by atoms with Crippen LogP contribution < -0.4 is 4.74 Å². The number of nitro groups is 1. The predicted molar refractivity (Wildman–Crippen MR) is 54.9 cm³/mol. The second-order valence-electron chi connectivity index (χ2n) is 3.31. The Balaban J connectivity index is 2.98. The van der Waals surface area contributed by atoms with Gasteiger partial charge in [-0.1, -0.05) is 19.1 Å². The normalized spacial score (nSPS) is 12.1. The Morgan fingerprint density at radius 3 is 2.80 bits per heavy atom. The Labute approximate surface area is 87.5 Å². The number of aromatic hydroxyl groups is 1. The molecule has 0 saturated heterocycles. The molecule has 82 valence electrons.